The molecule has 3 nitrogen and oxygen atoms in total. The lowest BCUT2D eigenvalue weighted by molar-refractivity contribution is 0.858. The SMILES string of the molecule is CCCc1c(NC)ncnc1SCc1cccc(C)c1. The standard InChI is InChI=1S/C16H21N3S/c1-4-6-14-15(17-3)18-11-19-16(14)20-10-13-8-5-7-12(2)9-13/h5,7-9,11H,4,6,10H2,1-3H3,(H,17,18,19). The Bertz CT molecular complexity index is 569. The number of hydrogen-bond acceptors (Lipinski definition) is 4. The summed E-state index contributed by atoms with van der Waals surface area (Å²) in [5.74, 6) is 1.90. The maximum atomic E-state index is 4.46. The molecule has 1 heterocycles. The fourth-order valence-corrected chi connectivity index (χ4v) is 3.14. The summed E-state index contributed by atoms with van der Waals surface area (Å²) in [6.07, 6.45) is 3.75. The summed E-state index contributed by atoms with van der Waals surface area (Å²) in [4.78, 5) is 8.77. The molecule has 1 aromatic carbocycles. The van der Waals surface area contributed by atoms with Crippen molar-refractivity contribution in [3.8, 4) is 0 Å². The lowest BCUT2D eigenvalue weighted by Crippen LogP contribution is -2.02. The smallest absolute Gasteiger partial charge is 0.133 e. The molecule has 0 atom stereocenters. The number of anilines is 1. The zero-order valence-electron chi connectivity index (χ0n) is 12.3. The van der Waals surface area contributed by atoms with E-state index in [0.29, 0.717) is 0 Å². The highest BCUT2D eigenvalue weighted by Gasteiger charge is 2.10. The van der Waals surface area contributed by atoms with Crippen LogP contribution in [0.4, 0.5) is 5.82 Å². The second kappa shape index (κ2) is 7.29. The van der Waals surface area contributed by atoms with Crippen molar-refractivity contribution < 1.29 is 0 Å². The number of benzene rings is 1. The fourth-order valence-electron chi connectivity index (χ4n) is 2.16. The molecule has 0 saturated carbocycles. The molecule has 0 unspecified atom stereocenters. The molecule has 2 aromatic rings. The normalized spacial score (nSPS) is 10.6. The Kier molecular flexibility index (Phi) is 5.41. The minimum atomic E-state index is 0.943. The van der Waals surface area contributed by atoms with Crippen LogP contribution in [0.15, 0.2) is 35.6 Å². The molecule has 0 bridgehead atoms. The second-order valence-electron chi connectivity index (χ2n) is 4.78. The van der Waals surface area contributed by atoms with Gasteiger partial charge in [0.25, 0.3) is 0 Å². The Hall–Kier alpha value is -1.55. The van der Waals surface area contributed by atoms with Crippen molar-refractivity contribution in [1.82, 2.24) is 9.97 Å². The fraction of sp³-hybridized carbons (Fsp3) is 0.375. The summed E-state index contributed by atoms with van der Waals surface area (Å²) < 4.78 is 0. The first kappa shape index (κ1) is 14.9. The van der Waals surface area contributed by atoms with E-state index in [-0.39, 0.29) is 0 Å². The number of hydrogen-bond donors (Lipinski definition) is 1. The lowest BCUT2D eigenvalue weighted by Gasteiger charge is -2.11. The maximum absolute atomic E-state index is 4.46. The Morgan fingerprint density at radius 3 is 2.80 bits per heavy atom. The van der Waals surface area contributed by atoms with E-state index in [1.807, 2.05) is 7.05 Å². The summed E-state index contributed by atoms with van der Waals surface area (Å²) >= 11 is 1.79. The van der Waals surface area contributed by atoms with Crippen LogP contribution in [0, 0.1) is 6.92 Å². The maximum Gasteiger partial charge on any atom is 0.133 e. The Morgan fingerprint density at radius 2 is 2.10 bits per heavy atom. The Labute approximate surface area is 125 Å². The van der Waals surface area contributed by atoms with Crippen LogP contribution in [0.3, 0.4) is 0 Å². The summed E-state index contributed by atoms with van der Waals surface area (Å²) in [6.45, 7) is 4.31. The van der Waals surface area contributed by atoms with Crippen molar-refractivity contribution in [2.45, 2.75) is 37.5 Å². The van der Waals surface area contributed by atoms with E-state index in [9.17, 15) is 0 Å². The molecule has 0 fully saturated rings. The van der Waals surface area contributed by atoms with E-state index >= 15 is 0 Å². The molecule has 0 saturated heterocycles. The molecule has 0 spiro atoms. The van der Waals surface area contributed by atoms with Crippen LogP contribution >= 0.6 is 11.8 Å². The number of aromatic nitrogens is 2. The van der Waals surface area contributed by atoms with Crippen molar-refractivity contribution >= 4 is 17.6 Å². The quantitative estimate of drug-likeness (QED) is 0.642. The predicted octanol–water partition coefficient (Wildman–Crippen LogP) is 4.07. The van der Waals surface area contributed by atoms with Gasteiger partial charge in [-0.15, -0.1) is 11.8 Å². The Balaban J connectivity index is 2.16. The molecule has 0 aliphatic rings. The molecule has 20 heavy (non-hydrogen) atoms. The van der Waals surface area contributed by atoms with Crippen molar-refractivity contribution in [3.63, 3.8) is 0 Å². The van der Waals surface area contributed by atoms with E-state index in [1.165, 1.54) is 16.7 Å². The van der Waals surface area contributed by atoms with Crippen molar-refractivity contribution in [2.75, 3.05) is 12.4 Å². The van der Waals surface area contributed by atoms with Gasteiger partial charge in [0.05, 0.1) is 0 Å². The van der Waals surface area contributed by atoms with Gasteiger partial charge >= 0.3 is 0 Å². The zero-order valence-corrected chi connectivity index (χ0v) is 13.1. The second-order valence-corrected chi connectivity index (χ2v) is 5.75. The average Bonchev–Trinajstić information content (AvgIpc) is 2.46. The molecule has 2 rings (SSSR count). The first-order valence-corrected chi connectivity index (χ1v) is 7.93. The van der Waals surface area contributed by atoms with E-state index in [0.717, 1.165) is 29.4 Å². The van der Waals surface area contributed by atoms with Crippen LogP contribution in [0.1, 0.15) is 30.0 Å². The van der Waals surface area contributed by atoms with Gasteiger partial charge in [0.15, 0.2) is 0 Å². The molecular weight excluding hydrogens is 266 g/mol. The largest absolute Gasteiger partial charge is 0.373 e. The van der Waals surface area contributed by atoms with E-state index in [1.54, 1.807) is 18.1 Å². The summed E-state index contributed by atoms with van der Waals surface area (Å²) in [6, 6.07) is 8.63. The third-order valence-electron chi connectivity index (χ3n) is 3.10. The van der Waals surface area contributed by atoms with Gasteiger partial charge in [-0.25, -0.2) is 9.97 Å². The van der Waals surface area contributed by atoms with Crippen LogP contribution in [-0.4, -0.2) is 17.0 Å². The van der Waals surface area contributed by atoms with Crippen LogP contribution in [0.2, 0.25) is 0 Å². The Morgan fingerprint density at radius 1 is 1.25 bits per heavy atom. The molecule has 1 aromatic heterocycles. The van der Waals surface area contributed by atoms with Gasteiger partial charge < -0.3 is 5.32 Å². The topological polar surface area (TPSA) is 37.8 Å². The predicted molar refractivity (Wildman–Crippen MR) is 86.3 cm³/mol. The number of aryl methyl sites for hydroxylation is 1. The van der Waals surface area contributed by atoms with Gasteiger partial charge in [0.1, 0.15) is 17.2 Å². The number of nitrogens with zero attached hydrogens (tertiary/aromatic N) is 2. The highest BCUT2D eigenvalue weighted by molar-refractivity contribution is 7.98. The summed E-state index contributed by atoms with van der Waals surface area (Å²) in [5, 5.41) is 4.25. The third-order valence-corrected chi connectivity index (χ3v) is 4.20. The highest BCUT2D eigenvalue weighted by atomic mass is 32.2. The molecule has 0 radical (unpaired) electrons. The van der Waals surface area contributed by atoms with Gasteiger partial charge in [0.2, 0.25) is 0 Å². The van der Waals surface area contributed by atoms with Crippen LogP contribution in [0.5, 0.6) is 0 Å². The van der Waals surface area contributed by atoms with E-state index in [2.05, 4.69) is 53.4 Å². The van der Waals surface area contributed by atoms with Crippen molar-refractivity contribution in [2.24, 2.45) is 0 Å². The summed E-state index contributed by atoms with van der Waals surface area (Å²) in [5.41, 5.74) is 3.87. The molecule has 0 amide bonds. The molecule has 4 heteroatoms. The average molecular weight is 287 g/mol. The number of nitrogens with one attached hydrogen (secondary N) is 1. The first-order chi connectivity index (χ1) is 9.74. The monoisotopic (exact) mass is 287 g/mol. The molecule has 1 N–H and O–H groups in total. The summed E-state index contributed by atoms with van der Waals surface area (Å²) in [7, 11) is 1.91. The van der Waals surface area contributed by atoms with Crippen LogP contribution < -0.4 is 5.32 Å². The third kappa shape index (κ3) is 3.73. The minimum absolute atomic E-state index is 0.943. The first-order valence-electron chi connectivity index (χ1n) is 6.94. The van der Waals surface area contributed by atoms with Crippen LogP contribution in [-0.2, 0) is 12.2 Å². The van der Waals surface area contributed by atoms with Crippen molar-refractivity contribution in [3.05, 3.63) is 47.3 Å². The van der Waals surface area contributed by atoms with Gasteiger partial charge in [0, 0.05) is 18.4 Å². The molecule has 0 aliphatic heterocycles. The molecule has 106 valence electrons. The number of rotatable bonds is 6. The van der Waals surface area contributed by atoms with E-state index in [4.69, 9.17) is 0 Å². The lowest BCUT2D eigenvalue weighted by atomic mass is 10.2. The minimum Gasteiger partial charge on any atom is -0.373 e. The molecular formula is C16H21N3S. The van der Waals surface area contributed by atoms with Gasteiger partial charge in [-0.05, 0) is 18.9 Å². The van der Waals surface area contributed by atoms with Gasteiger partial charge in [-0.1, -0.05) is 43.2 Å². The van der Waals surface area contributed by atoms with Gasteiger partial charge in [-0.3, -0.25) is 0 Å². The molecule has 0 aliphatic carbocycles. The highest BCUT2D eigenvalue weighted by Crippen LogP contribution is 2.28. The van der Waals surface area contributed by atoms with Gasteiger partial charge in [-0.2, -0.15) is 0 Å². The van der Waals surface area contributed by atoms with Crippen molar-refractivity contribution in [1.29, 1.82) is 0 Å². The van der Waals surface area contributed by atoms with Crippen LogP contribution in [0.25, 0.3) is 0 Å². The zero-order chi connectivity index (χ0) is 14.4. The van der Waals surface area contributed by atoms with E-state index < -0.39 is 0 Å². The number of thioether (sulfide) groups is 1.